The molecule has 2 atom stereocenters. The van der Waals surface area contributed by atoms with Crippen LogP contribution in [-0.4, -0.2) is 23.2 Å². The minimum absolute atomic E-state index is 0.0974. The van der Waals surface area contributed by atoms with E-state index < -0.39 is 5.97 Å². The molecule has 4 fully saturated rings. The van der Waals surface area contributed by atoms with Crippen LogP contribution in [0.1, 0.15) is 46.0 Å². The highest BCUT2D eigenvalue weighted by Gasteiger charge is 2.60. The fraction of sp³-hybridized carbons (Fsp3) is 0.929. The maximum atomic E-state index is 10.8. The molecule has 0 amide bonds. The third-order valence-electron chi connectivity index (χ3n) is 6.01. The van der Waals surface area contributed by atoms with E-state index in [1.165, 1.54) is 32.1 Å². The fourth-order valence-corrected chi connectivity index (χ4v) is 5.09. The fourth-order valence-electron chi connectivity index (χ4n) is 5.09. The number of aliphatic carboxylic acids is 1. The van der Waals surface area contributed by atoms with Crippen molar-refractivity contribution in [2.75, 3.05) is 6.54 Å². The average Bonchev–Trinajstić information content (AvgIpc) is 2.23. The monoisotopic (exact) mass is 237 g/mol. The van der Waals surface area contributed by atoms with Crippen molar-refractivity contribution in [3.8, 4) is 0 Å². The highest BCUT2D eigenvalue weighted by Crippen LogP contribution is 2.63. The van der Waals surface area contributed by atoms with Crippen molar-refractivity contribution in [1.29, 1.82) is 0 Å². The molecule has 2 unspecified atom stereocenters. The van der Waals surface area contributed by atoms with Crippen LogP contribution in [0, 0.1) is 23.2 Å². The Morgan fingerprint density at radius 2 is 1.82 bits per heavy atom. The topological polar surface area (TPSA) is 49.3 Å². The van der Waals surface area contributed by atoms with Crippen molar-refractivity contribution >= 4 is 5.97 Å². The molecular weight excluding hydrogens is 214 g/mol. The summed E-state index contributed by atoms with van der Waals surface area (Å²) in [5.74, 6) is 1.77. The number of nitrogens with one attached hydrogen (secondary N) is 1. The van der Waals surface area contributed by atoms with Gasteiger partial charge in [-0.15, -0.1) is 0 Å². The Kier molecular flexibility index (Phi) is 2.35. The van der Waals surface area contributed by atoms with Gasteiger partial charge in [0.1, 0.15) is 0 Å². The molecule has 0 spiro atoms. The highest BCUT2D eigenvalue weighted by atomic mass is 16.4. The number of hydrogen-bond donors (Lipinski definition) is 2. The first-order valence-electron chi connectivity index (χ1n) is 6.90. The second-order valence-corrected chi connectivity index (χ2v) is 7.10. The molecule has 4 bridgehead atoms. The van der Waals surface area contributed by atoms with E-state index in [2.05, 4.69) is 19.2 Å². The zero-order valence-corrected chi connectivity index (χ0v) is 10.8. The predicted octanol–water partition coefficient (Wildman–Crippen LogP) is 2.27. The number of carboxylic acid groups (broad SMARTS) is 1. The molecule has 0 saturated heterocycles. The average molecular weight is 237 g/mol. The van der Waals surface area contributed by atoms with Gasteiger partial charge in [0.05, 0.1) is 6.54 Å². The van der Waals surface area contributed by atoms with Crippen LogP contribution in [0.25, 0.3) is 0 Å². The van der Waals surface area contributed by atoms with Crippen LogP contribution in [0.4, 0.5) is 0 Å². The van der Waals surface area contributed by atoms with Gasteiger partial charge in [0.2, 0.25) is 0 Å². The lowest BCUT2D eigenvalue weighted by Crippen LogP contribution is -2.68. The first kappa shape index (κ1) is 11.5. The minimum atomic E-state index is -0.725. The van der Waals surface area contributed by atoms with Crippen LogP contribution >= 0.6 is 0 Å². The van der Waals surface area contributed by atoms with E-state index in [0.29, 0.717) is 0 Å². The van der Waals surface area contributed by atoms with Gasteiger partial charge < -0.3 is 10.4 Å². The van der Waals surface area contributed by atoms with Crippen LogP contribution in [0.15, 0.2) is 0 Å². The normalized spacial score (nSPS) is 46.1. The summed E-state index contributed by atoms with van der Waals surface area (Å²) in [4.78, 5) is 10.8. The lowest BCUT2D eigenvalue weighted by Gasteiger charge is -2.66. The molecule has 0 radical (unpaired) electrons. The first-order chi connectivity index (χ1) is 7.93. The smallest absolute Gasteiger partial charge is 0.317 e. The van der Waals surface area contributed by atoms with E-state index in [1.54, 1.807) is 0 Å². The van der Waals surface area contributed by atoms with Gasteiger partial charge in [0.25, 0.3) is 0 Å². The lowest BCUT2D eigenvalue weighted by molar-refractivity contribution is -0.143. The van der Waals surface area contributed by atoms with Gasteiger partial charge in [-0.1, -0.05) is 13.8 Å². The lowest BCUT2D eigenvalue weighted by atomic mass is 9.43. The summed E-state index contributed by atoms with van der Waals surface area (Å²) in [5.41, 5.74) is 0.357. The van der Waals surface area contributed by atoms with E-state index >= 15 is 0 Å². The van der Waals surface area contributed by atoms with Crippen LogP contribution in [0.3, 0.4) is 0 Å². The highest BCUT2D eigenvalue weighted by molar-refractivity contribution is 5.69. The van der Waals surface area contributed by atoms with Crippen molar-refractivity contribution in [3.05, 3.63) is 0 Å². The van der Waals surface area contributed by atoms with Gasteiger partial charge in [-0.2, -0.15) is 0 Å². The summed E-state index contributed by atoms with van der Waals surface area (Å²) in [7, 11) is 0. The molecule has 0 aliphatic heterocycles. The van der Waals surface area contributed by atoms with Gasteiger partial charge in [-0.25, -0.2) is 0 Å². The number of carbonyl (C=O) groups is 1. The van der Waals surface area contributed by atoms with Crippen LogP contribution in [0.5, 0.6) is 0 Å². The molecule has 0 heterocycles. The summed E-state index contributed by atoms with van der Waals surface area (Å²) >= 11 is 0. The maximum absolute atomic E-state index is 10.8. The molecule has 0 aromatic rings. The first-order valence-corrected chi connectivity index (χ1v) is 6.90. The standard InChI is InChI=1S/C14H23NO2/c1-13(2)11-4-9-3-10(5-11)7-14(13,6-9)15-8-12(16)17/h9-11,15H,3-8H2,1-2H3,(H,16,17). The van der Waals surface area contributed by atoms with E-state index in [1.807, 2.05) is 0 Å². The number of hydrogen-bond acceptors (Lipinski definition) is 2. The van der Waals surface area contributed by atoms with E-state index in [-0.39, 0.29) is 17.5 Å². The van der Waals surface area contributed by atoms with Gasteiger partial charge in [-0.3, -0.25) is 4.79 Å². The van der Waals surface area contributed by atoms with Crippen molar-refractivity contribution in [2.24, 2.45) is 23.2 Å². The van der Waals surface area contributed by atoms with Crippen molar-refractivity contribution in [1.82, 2.24) is 5.32 Å². The van der Waals surface area contributed by atoms with Crippen molar-refractivity contribution in [2.45, 2.75) is 51.5 Å². The Morgan fingerprint density at radius 1 is 1.24 bits per heavy atom. The zero-order chi connectivity index (χ0) is 12.3. The van der Waals surface area contributed by atoms with Crippen LogP contribution in [0.2, 0.25) is 0 Å². The Labute approximate surface area is 103 Å². The third kappa shape index (κ3) is 1.55. The van der Waals surface area contributed by atoms with E-state index in [9.17, 15) is 4.79 Å². The van der Waals surface area contributed by atoms with Gasteiger partial charge in [0, 0.05) is 5.54 Å². The summed E-state index contributed by atoms with van der Waals surface area (Å²) in [6.07, 6.45) is 6.53. The Morgan fingerprint density at radius 3 is 2.35 bits per heavy atom. The predicted molar refractivity (Wildman–Crippen MR) is 65.7 cm³/mol. The molecule has 4 aliphatic rings. The zero-order valence-electron chi connectivity index (χ0n) is 10.8. The summed E-state index contributed by atoms with van der Waals surface area (Å²) in [6, 6.07) is 0. The summed E-state index contributed by atoms with van der Waals surface area (Å²) < 4.78 is 0. The van der Waals surface area contributed by atoms with E-state index in [4.69, 9.17) is 5.11 Å². The molecule has 96 valence electrons. The van der Waals surface area contributed by atoms with Gasteiger partial charge in [-0.05, 0) is 55.3 Å². The van der Waals surface area contributed by atoms with Crippen molar-refractivity contribution in [3.63, 3.8) is 0 Å². The van der Waals surface area contributed by atoms with E-state index in [0.717, 1.165) is 17.8 Å². The summed E-state index contributed by atoms with van der Waals surface area (Å²) in [6.45, 7) is 4.82. The molecular formula is C14H23NO2. The quantitative estimate of drug-likeness (QED) is 0.791. The molecule has 3 nitrogen and oxygen atoms in total. The maximum Gasteiger partial charge on any atom is 0.317 e. The summed E-state index contributed by atoms with van der Waals surface area (Å²) in [5, 5.41) is 12.3. The Hall–Kier alpha value is -0.570. The molecule has 4 rings (SSSR count). The Bertz CT molecular complexity index is 336. The minimum Gasteiger partial charge on any atom is -0.480 e. The van der Waals surface area contributed by atoms with Crippen LogP contribution < -0.4 is 5.32 Å². The molecule has 0 aromatic carbocycles. The Balaban J connectivity index is 1.88. The second kappa shape index (κ2) is 3.47. The number of rotatable bonds is 3. The molecule has 4 aliphatic carbocycles. The SMILES string of the molecule is CC1(C)C2CC3CC(C2)CC1(NCC(=O)O)C3. The van der Waals surface area contributed by atoms with Gasteiger partial charge >= 0.3 is 5.97 Å². The van der Waals surface area contributed by atoms with Gasteiger partial charge in [0.15, 0.2) is 0 Å². The van der Waals surface area contributed by atoms with Crippen molar-refractivity contribution < 1.29 is 9.90 Å². The molecule has 3 heteroatoms. The molecule has 17 heavy (non-hydrogen) atoms. The third-order valence-corrected chi connectivity index (χ3v) is 6.01. The molecule has 0 aromatic heterocycles. The molecule has 4 saturated carbocycles. The second-order valence-electron chi connectivity index (χ2n) is 7.10. The largest absolute Gasteiger partial charge is 0.480 e. The van der Waals surface area contributed by atoms with Crippen LogP contribution in [-0.2, 0) is 4.79 Å². The number of carboxylic acids is 1. The molecule has 2 N–H and O–H groups in total.